The molecule has 0 aromatic heterocycles. The van der Waals surface area contributed by atoms with E-state index in [-0.39, 0.29) is 0 Å². The molecule has 0 radical (unpaired) electrons. The quantitative estimate of drug-likeness (QED) is 0.800. The Morgan fingerprint density at radius 1 is 1.33 bits per heavy atom. The van der Waals surface area contributed by atoms with Crippen LogP contribution < -0.4 is 11.1 Å². The van der Waals surface area contributed by atoms with E-state index in [1.807, 2.05) is 12.1 Å². The van der Waals surface area contributed by atoms with Crippen molar-refractivity contribution >= 4 is 11.4 Å². The predicted octanol–water partition coefficient (Wildman–Crippen LogP) is 3.38. The van der Waals surface area contributed by atoms with Crippen molar-refractivity contribution in [3.63, 3.8) is 0 Å². The van der Waals surface area contributed by atoms with E-state index in [9.17, 15) is 0 Å². The Morgan fingerprint density at radius 2 is 2.06 bits per heavy atom. The smallest absolute Gasteiger partial charge is 0.101 e. The zero-order valence-electron chi connectivity index (χ0n) is 10.9. The molecule has 1 aliphatic carbocycles. The largest absolute Gasteiger partial charge is 0.396 e. The Bertz CT molecular complexity index is 440. The van der Waals surface area contributed by atoms with Crippen LogP contribution in [0.3, 0.4) is 0 Å². The Labute approximate surface area is 109 Å². The summed E-state index contributed by atoms with van der Waals surface area (Å²) in [6, 6.07) is 7.69. The molecule has 0 amide bonds. The van der Waals surface area contributed by atoms with Crippen molar-refractivity contribution in [3.05, 3.63) is 23.8 Å². The molecular weight excluding hydrogens is 222 g/mol. The molecule has 3 heteroatoms. The van der Waals surface area contributed by atoms with Crippen molar-refractivity contribution in [2.24, 2.45) is 11.8 Å². The summed E-state index contributed by atoms with van der Waals surface area (Å²) in [6.45, 7) is 3.30. The number of hydrogen-bond acceptors (Lipinski definition) is 3. The molecule has 2 rings (SSSR count). The average molecular weight is 243 g/mol. The summed E-state index contributed by atoms with van der Waals surface area (Å²) in [6.07, 6.45) is 5.26. The highest BCUT2D eigenvalue weighted by Crippen LogP contribution is 2.29. The molecule has 1 fully saturated rings. The average Bonchev–Trinajstić information content (AvgIpc) is 2.39. The lowest BCUT2D eigenvalue weighted by atomic mass is 9.83. The van der Waals surface area contributed by atoms with E-state index in [1.165, 1.54) is 25.7 Å². The number of nitriles is 1. The van der Waals surface area contributed by atoms with Gasteiger partial charge >= 0.3 is 0 Å². The van der Waals surface area contributed by atoms with Gasteiger partial charge in [-0.2, -0.15) is 5.26 Å². The summed E-state index contributed by atoms with van der Waals surface area (Å²) < 4.78 is 0. The minimum absolute atomic E-state index is 0.553. The number of para-hydroxylation sites is 1. The van der Waals surface area contributed by atoms with Gasteiger partial charge in [-0.3, -0.25) is 0 Å². The maximum absolute atomic E-state index is 8.93. The van der Waals surface area contributed by atoms with Crippen LogP contribution in [0.2, 0.25) is 0 Å². The van der Waals surface area contributed by atoms with Crippen molar-refractivity contribution in [2.45, 2.75) is 32.6 Å². The molecule has 3 nitrogen and oxygen atoms in total. The number of benzene rings is 1. The minimum Gasteiger partial charge on any atom is -0.396 e. The SMILES string of the molecule is CC1CCC(CNc2cccc(C#N)c2N)CC1. The molecule has 0 unspecified atom stereocenters. The molecule has 0 bridgehead atoms. The van der Waals surface area contributed by atoms with Crippen molar-refractivity contribution in [2.75, 3.05) is 17.6 Å². The number of nitrogen functional groups attached to an aromatic ring is 1. The van der Waals surface area contributed by atoms with Gasteiger partial charge < -0.3 is 11.1 Å². The van der Waals surface area contributed by atoms with Gasteiger partial charge in [-0.1, -0.05) is 25.8 Å². The van der Waals surface area contributed by atoms with Crippen LogP contribution in [0.5, 0.6) is 0 Å². The lowest BCUT2D eigenvalue weighted by molar-refractivity contribution is 0.300. The fourth-order valence-corrected chi connectivity index (χ4v) is 2.60. The van der Waals surface area contributed by atoms with Gasteiger partial charge in [0.25, 0.3) is 0 Å². The van der Waals surface area contributed by atoms with Crippen molar-refractivity contribution in [1.29, 1.82) is 5.26 Å². The summed E-state index contributed by atoms with van der Waals surface area (Å²) in [7, 11) is 0. The van der Waals surface area contributed by atoms with Crippen LogP contribution in [0, 0.1) is 23.2 Å². The fourth-order valence-electron chi connectivity index (χ4n) is 2.60. The van der Waals surface area contributed by atoms with Gasteiger partial charge in [0.05, 0.1) is 16.9 Å². The van der Waals surface area contributed by atoms with Gasteiger partial charge in [0.2, 0.25) is 0 Å². The minimum atomic E-state index is 0.553. The Morgan fingerprint density at radius 3 is 2.72 bits per heavy atom. The van der Waals surface area contributed by atoms with E-state index in [2.05, 4.69) is 18.3 Å². The molecule has 1 aliphatic rings. The lowest BCUT2D eigenvalue weighted by Crippen LogP contribution is -2.20. The number of rotatable bonds is 3. The second-order valence-corrected chi connectivity index (χ2v) is 5.39. The van der Waals surface area contributed by atoms with Crippen LogP contribution in [-0.4, -0.2) is 6.54 Å². The Hall–Kier alpha value is -1.69. The maximum Gasteiger partial charge on any atom is 0.101 e. The molecule has 96 valence electrons. The van der Waals surface area contributed by atoms with Gasteiger partial charge in [0, 0.05) is 6.54 Å². The monoisotopic (exact) mass is 243 g/mol. The number of nitrogens with two attached hydrogens (primary N) is 1. The third-order valence-corrected chi connectivity index (χ3v) is 3.94. The van der Waals surface area contributed by atoms with Crippen LogP contribution in [0.1, 0.15) is 38.2 Å². The van der Waals surface area contributed by atoms with E-state index < -0.39 is 0 Å². The first-order valence-electron chi connectivity index (χ1n) is 6.73. The standard InChI is InChI=1S/C15H21N3/c1-11-5-7-12(8-6-11)10-18-14-4-2-3-13(9-16)15(14)17/h2-4,11-12,18H,5-8,10,17H2,1H3. The molecule has 1 aromatic rings. The molecule has 1 aromatic carbocycles. The normalized spacial score (nSPS) is 23.3. The van der Waals surface area contributed by atoms with Gasteiger partial charge in [-0.25, -0.2) is 0 Å². The highest BCUT2D eigenvalue weighted by molar-refractivity contribution is 5.72. The third-order valence-electron chi connectivity index (χ3n) is 3.94. The summed E-state index contributed by atoms with van der Waals surface area (Å²) in [5, 5.41) is 12.3. The fraction of sp³-hybridized carbons (Fsp3) is 0.533. The molecule has 0 atom stereocenters. The summed E-state index contributed by atoms with van der Waals surface area (Å²) in [4.78, 5) is 0. The van der Waals surface area contributed by atoms with Crippen LogP contribution in [0.25, 0.3) is 0 Å². The van der Waals surface area contributed by atoms with Gasteiger partial charge in [-0.15, -0.1) is 0 Å². The molecule has 0 saturated heterocycles. The summed E-state index contributed by atoms with van der Waals surface area (Å²) >= 11 is 0. The van der Waals surface area contributed by atoms with E-state index >= 15 is 0 Å². The molecule has 0 spiro atoms. The van der Waals surface area contributed by atoms with Gasteiger partial charge in [0.15, 0.2) is 0 Å². The van der Waals surface area contributed by atoms with Crippen LogP contribution in [-0.2, 0) is 0 Å². The number of anilines is 2. The van der Waals surface area contributed by atoms with E-state index in [4.69, 9.17) is 11.0 Å². The van der Waals surface area contributed by atoms with Crippen molar-refractivity contribution < 1.29 is 0 Å². The molecule has 0 aliphatic heterocycles. The number of hydrogen-bond donors (Lipinski definition) is 2. The molecule has 1 saturated carbocycles. The Balaban J connectivity index is 1.93. The van der Waals surface area contributed by atoms with Crippen molar-refractivity contribution in [1.82, 2.24) is 0 Å². The first kappa shape index (κ1) is 12.8. The highest BCUT2D eigenvalue weighted by atomic mass is 14.9. The summed E-state index contributed by atoms with van der Waals surface area (Å²) in [5.74, 6) is 1.62. The third kappa shape index (κ3) is 2.95. The first-order valence-corrected chi connectivity index (χ1v) is 6.73. The lowest BCUT2D eigenvalue weighted by Gasteiger charge is -2.26. The van der Waals surface area contributed by atoms with Crippen LogP contribution in [0.4, 0.5) is 11.4 Å². The van der Waals surface area contributed by atoms with E-state index in [0.717, 1.165) is 24.1 Å². The predicted molar refractivity (Wildman–Crippen MR) is 75.2 cm³/mol. The maximum atomic E-state index is 8.93. The molecule has 3 N–H and O–H groups in total. The number of nitrogens with zero attached hydrogens (tertiary/aromatic N) is 1. The van der Waals surface area contributed by atoms with Gasteiger partial charge in [-0.05, 0) is 36.8 Å². The zero-order chi connectivity index (χ0) is 13.0. The van der Waals surface area contributed by atoms with E-state index in [1.54, 1.807) is 6.07 Å². The molecular formula is C15H21N3. The molecule has 18 heavy (non-hydrogen) atoms. The van der Waals surface area contributed by atoms with Crippen molar-refractivity contribution in [3.8, 4) is 6.07 Å². The zero-order valence-corrected chi connectivity index (χ0v) is 10.9. The van der Waals surface area contributed by atoms with E-state index in [0.29, 0.717) is 11.3 Å². The van der Waals surface area contributed by atoms with Crippen LogP contribution >= 0.6 is 0 Å². The highest BCUT2D eigenvalue weighted by Gasteiger charge is 2.18. The Kier molecular flexibility index (Phi) is 4.09. The second-order valence-electron chi connectivity index (χ2n) is 5.39. The second kappa shape index (κ2) is 5.77. The van der Waals surface area contributed by atoms with Gasteiger partial charge in [0.1, 0.15) is 6.07 Å². The molecule has 0 heterocycles. The van der Waals surface area contributed by atoms with Crippen LogP contribution in [0.15, 0.2) is 18.2 Å². The number of nitrogens with one attached hydrogen (secondary N) is 1. The first-order chi connectivity index (χ1) is 8.70. The summed E-state index contributed by atoms with van der Waals surface area (Å²) in [5.41, 5.74) is 7.97. The topological polar surface area (TPSA) is 61.8 Å².